The highest BCUT2D eigenvalue weighted by Crippen LogP contribution is 2.23. The minimum atomic E-state index is -3.75. The Balaban J connectivity index is 1.68. The predicted octanol–water partition coefficient (Wildman–Crippen LogP) is 2.95. The summed E-state index contributed by atoms with van der Waals surface area (Å²) >= 11 is 0. The molecule has 1 aromatic carbocycles. The lowest BCUT2D eigenvalue weighted by molar-refractivity contribution is 0.0426. The monoisotopic (exact) mass is 367 g/mol. The van der Waals surface area contributed by atoms with Crippen molar-refractivity contribution in [1.29, 1.82) is 0 Å². The van der Waals surface area contributed by atoms with E-state index in [9.17, 15) is 17.6 Å². The zero-order valence-corrected chi connectivity index (χ0v) is 14.3. The molecular weight excluding hydrogens is 349 g/mol. The fourth-order valence-electron chi connectivity index (χ4n) is 2.63. The van der Waals surface area contributed by atoms with Crippen molar-refractivity contribution in [3.8, 4) is 0 Å². The number of hydrogen-bond donors (Lipinski definition) is 0. The summed E-state index contributed by atoms with van der Waals surface area (Å²) in [5.74, 6) is -1.56. The van der Waals surface area contributed by atoms with E-state index in [0.717, 1.165) is 19.3 Å². The van der Waals surface area contributed by atoms with Crippen molar-refractivity contribution in [2.75, 3.05) is 13.1 Å². The number of piperidine rings is 1. The first-order chi connectivity index (χ1) is 12.0. The average molecular weight is 367 g/mol. The molecule has 2 aromatic rings. The third kappa shape index (κ3) is 3.91. The minimum absolute atomic E-state index is 0.226. The van der Waals surface area contributed by atoms with Gasteiger partial charge in [0.1, 0.15) is 12.4 Å². The van der Waals surface area contributed by atoms with E-state index >= 15 is 0 Å². The Morgan fingerprint density at radius 2 is 1.84 bits per heavy atom. The van der Waals surface area contributed by atoms with Crippen LogP contribution in [0.4, 0.5) is 4.39 Å². The normalized spacial score (nSPS) is 15.9. The Morgan fingerprint density at radius 3 is 2.56 bits per heavy atom. The van der Waals surface area contributed by atoms with Crippen molar-refractivity contribution in [3.05, 3.63) is 53.5 Å². The van der Waals surface area contributed by atoms with Gasteiger partial charge in [0.25, 0.3) is 10.0 Å². The van der Waals surface area contributed by atoms with Gasteiger partial charge in [0, 0.05) is 18.7 Å². The minimum Gasteiger partial charge on any atom is -0.455 e. The lowest BCUT2D eigenvalue weighted by Gasteiger charge is -2.24. The Bertz CT molecular complexity index is 855. The summed E-state index contributed by atoms with van der Waals surface area (Å²) in [5, 5.41) is -0.285. The largest absolute Gasteiger partial charge is 0.455 e. The molecule has 0 N–H and O–H groups in total. The first-order valence-electron chi connectivity index (χ1n) is 7.99. The van der Waals surface area contributed by atoms with Crippen LogP contribution in [-0.2, 0) is 21.4 Å². The standard InChI is InChI=1S/C17H18FNO5S/c18-14-7-3-2-6-13(14)12-23-17(20)15-8-9-16(24-15)25(21,22)19-10-4-1-5-11-19/h2-3,6-9H,1,4-5,10-12H2. The van der Waals surface area contributed by atoms with Crippen molar-refractivity contribution in [2.24, 2.45) is 0 Å². The summed E-state index contributed by atoms with van der Waals surface area (Å²) in [7, 11) is -3.75. The molecule has 0 amide bonds. The first-order valence-corrected chi connectivity index (χ1v) is 9.43. The second-order valence-electron chi connectivity index (χ2n) is 5.75. The molecule has 2 heterocycles. The van der Waals surface area contributed by atoms with Crippen LogP contribution in [0.5, 0.6) is 0 Å². The molecule has 1 aromatic heterocycles. The Morgan fingerprint density at radius 1 is 1.12 bits per heavy atom. The van der Waals surface area contributed by atoms with Crippen LogP contribution in [0.2, 0.25) is 0 Å². The summed E-state index contributed by atoms with van der Waals surface area (Å²) < 4.78 is 50.0. The van der Waals surface area contributed by atoms with Crippen LogP contribution < -0.4 is 0 Å². The molecule has 134 valence electrons. The van der Waals surface area contributed by atoms with E-state index in [4.69, 9.17) is 9.15 Å². The average Bonchev–Trinajstić information content (AvgIpc) is 3.12. The van der Waals surface area contributed by atoms with E-state index in [1.807, 2.05) is 0 Å². The van der Waals surface area contributed by atoms with Crippen molar-refractivity contribution >= 4 is 16.0 Å². The molecule has 1 saturated heterocycles. The molecule has 0 radical (unpaired) electrons. The van der Waals surface area contributed by atoms with Gasteiger partial charge in [-0.25, -0.2) is 17.6 Å². The van der Waals surface area contributed by atoms with Gasteiger partial charge in [-0.1, -0.05) is 24.6 Å². The lowest BCUT2D eigenvalue weighted by atomic mass is 10.2. The molecule has 1 aliphatic heterocycles. The number of carbonyl (C=O) groups is 1. The van der Waals surface area contributed by atoms with E-state index in [1.165, 1.54) is 34.6 Å². The highest BCUT2D eigenvalue weighted by Gasteiger charge is 2.29. The number of hydrogen-bond acceptors (Lipinski definition) is 5. The lowest BCUT2D eigenvalue weighted by Crippen LogP contribution is -2.35. The molecule has 1 fully saturated rings. The van der Waals surface area contributed by atoms with Crippen LogP contribution >= 0.6 is 0 Å². The summed E-state index contributed by atoms with van der Waals surface area (Å²) in [6, 6.07) is 8.41. The van der Waals surface area contributed by atoms with Crippen molar-refractivity contribution < 1.29 is 26.8 Å². The smallest absolute Gasteiger partial charge is 0.374 e. The third-order valence-corrected chi connectivity index (χ3v) is 5.78. The SMILES string of the molecule is O=C(OCc1ccccc1F)c1ccc(S(=O)(=O)N2CCCCC2)o1. The van der Waals surface area contributed by atoms with E-state index in [2.05, 4.69) is 0 Å². The van der Waals surface area contributed by atoms with Crippen molar-refractivity contribution in [1.82, 2.24) is 4.31 Å². The van der Waals surface area contributed by atoms with Crippen LogP contribution in [-0.4, -0.2) is 31.8 Å². The van der Waals surface area contributed by atoms with E-state index in [1.54, 1.807) is 6.07 Å². The number of carbonyl (C=O) groups excluding carboxylic acids is 1. The second kappa shape index (κ2) is 7.37. The van der Waals surface area contributed by atoms with E-state index < -0.39 is 21.8 Å². The van der Waals surface area contributed by atoms with Crippen LogP contribution in [0.15, 0.2) is 45.9 Å². The number of esters is 1. The van der Waals surface area contributed by atoms with Crippen molar-refractivity contribution in [3.63, 3.8) is 0 Å². The number of benzene rings is 1. The molecule has 25 heavy (non-hydrogen) atoms. The molecule has 0 bridgehead atoms. The fraction of sp³-hybridized carbons (Fsp3) is 0.353. The molecule has 3 rings (SSSR count). The van der Waals surface area contributed by atoms with Crippen LogP contribution in [0.3, 0.4) is 0 Å². The van der Waals surface area contributed by atoms with Gasteiger partial charge in [-0.2, -0.15) is 4.31 Å². The highest BCUT2D eigenvalue weighted by molar-refractivity contribution is 7.89. The molecule has 0 spiro atoms. The van der Waals surface area contributed by atoms with E-state index in [-0.39, 0.29) is 23.0 Å². The van der Waals surface area contributed by atoms with Gasteiger partial charge >= 0.3 is 5.97 Å². The maximum absolute atomic E-state index is 13.5. The second-order valence-corrected chi connectivity index (χ2v) is 7.62. The van der Waals surface area contributed by atoms with Crippen LogP contribution in [0.1, 0.15) is 35.4 Å². The highest BCUT2D eigenvalue weighted by atomic mass is 32.2. The van der Waals surface area contributed by atoms with Crippen LogP contribution in [0.25, 0.3) is 0 Å². The Kier molecular flexibility index (Phi) is 5.19. The molecule has 8 heteroatoms. The van der Waals surface area contributed by atoms with Gasteiger partial charge in [-0.05, 0) is 31.0 Å². The van der Waals surface area contributed by atoms with Gasteiger partial charge < -0.3 is 9.15 Å². The number of halogens is 1. The van der Waals surface area contributed by atoms with Gasteiger partial charge in [-0.3, -0.25) is 0 Å². The number of sulfonamides is 1. The molecule has 1 aliphatic rings. The Labute approximate surface area is 145 Å². The number of ether oxygens (including phenoxy) is 1. The zero-order valence-electron chi connectivity index (χ0n) is 13.5. The zero-order chi connectivity index (χ0) is 17.9. The third-order valence-electron chi connectivity index (χ3n) is 4.01. The molecule has 6 nitrogen and oxygen atoms in total. The summed E-state index contributed by atoms with van der Waals surface area (Å²) in [6.07, 6.45) is 2.60. The number of rotatable bonds is 5. The maximum Gasteiger partial charge on any atom is 0.374 e. The quantitative estimate of drug-likeness (QED) is 0.760. The van der Waals surface area contributed by atoms with Crippen molar-refractivity contribution in [2.45, 2.75) is 31.0 Å². The predicted molar refractivity (Wildman–Crippen MR) is 86.8 cm³/mol. The van der Waals surface area contributed by atoms with Gasteiger partial charge in [-0.15, -0.1) is 0 Å². The first kappa shape index (κ1) is 17.6. The van der Waals surface area contributed by atoms with Gasteiger partial charge in [0.05, 0.1) is 0 Å². The van der Waals surface area contributed by atoms with Crippen LogP contribution in [0, 0.1) is 5.82 Å². The molecular formula is C17H18FNO5S. The number of nitrogens with zero attached hydrogens (tertiary/aromatic N) is 1. The molecule has 0 saturated carbocycles. The summed E-state index contributed by atoms with van der Waals surface area (Å²) in [6.45, 7) is 0.618. The summed E-state index contributed by atoms with van der Waals surface area (Å²) in [5.41, 5.74) is 0.226. The Hall–Kier alpha value is -2.19. The fourth-order valence-corrected chi connectivity index (χ4v) is 4.06. The maximum atomic E-state index is 13.5. The van der Waals surface area contributed by atoms with Gasteiger partial charge in [0.15, 0.2) is 0 Å². The van der Waals surface area contributed by atoms with E-state index in [0.29, 0.717) is 13.1 Å². The summed E-state index contributed by atoms with van der Waals surface area (Å²) in [4.78, 5) is 12.0. The molecule has 0 atom stereocenters. The molecule has 0 aliphatic carbocycles. The number of furan rings is 1. The topological polar surface area (TPSA) is 76.8 Å². The van der Waals surface area contributed by atoms with Gasteiger partial charge in [0.2, 0.25) is 10.9 Å². The molecule has 0 unspecified atom stereocenters.